The van der Waals surface area contributed by atoms with E-state index in [1.165, 1.54) is 45.2 Å². The number of non-ortho nitro benzene ring substituents is 1. The van der Waals surface area contributed by atoms with E-state index >= 15 is 0 Å². The fourth-order valence-electron chi connectivity index (χ4n) is 3.48. The maximum atomic E-state index is 10.4. The minimum Gasteiger partial charge on any atom is -0.497 e. The van der Waals surface area contributed by atoms with Crippen molar-refractivity contribution in [3.8, 4) is 5.75 Å². The third-order valence-electron chi connectivity index (χ3n) is 4.82. The van der Waals surface area contributed by atoms with Gasteiger partial charge in [-0.15, -0.1) is 0 Å². The van der Waals surface area contributed by atoms with Crippen LogP contribution in [0.25, 0.3) is 0 Å². The highest BCUT2D eigenvalue weighted by Crippen LogP contribution is 2.39. The van der Waals surface area contributed by atoms with Crippen molar-refractivity contribution in [3.63, 3.8) is 0 Å². The number of hydrogen-bond acceptors (Lipinski definition) is 8. The van der Waals surface area contributed by atoms with Crippen molar-refractivity contribution >= 4 is 17.1 Å². The highest BCUT2D eigenvalue weighted by atomic mass is 16.6. The average molecular weight is 368 g/mol. The first-order chi connectivity index (χ1) is 12.3. The Morgan fingerprint density at radius 3 is 1.88 bits per heavy atom. The number of nitro groups is 3. The second-order valence-corrected chi connectivity index (χ2v) is 6.40. The Bertz CT molecular complexity index is 648. The molecule has 2 fully saturated rings. The summed E-state index contributed by atoms with van der Waals surface area (Å²) >= 11 is 0. The molecule has 1 aliphatic heterocycles. The Morgan fingerprint density at radius 2 is 1.42 bits per heavy atom. The molecule has 3 rings (SSSR count). The molecule has 0 aromatic heterocycles. The van der Waals surface area contributed by atoms with Gasteiger partial charge in [-0.25, -0.2) is 0 Å². The summed E-state index contributed by atoms with van der Waals surface area (Å²) in [7, 11) is 0. The van der Waals surface area contributed by atoms with E-state index in [0.717, 1.165) is 11.8 Å². The molecular weight excluding hydrogens is 348 g/mol. The molecule has 2 N–H and O–H groups in total. The quantitative estimate of drug-likeness (QED) is 0.607. The Kier molecular flexibility index (Phi) is 6.39. The SMILES string of the molecule is C1CC[C@@H]2CNCC[C@@H]2C1.O=[N+]([O-])c1cc([N+](=O)[O-])c(O)c([N+](=O)[O-])c1. The zero-order valence-corrected chi connectivity index (χ0v) is 14.0. The molecule has 1 saturated carbocycles. The number of phenols is 1. The first kappa shape index (κ1) is 19.5. The summed E-state index contributed by atoms with van der Waals surface area (Å²) in [6.07, 6.45) is 7.46. The number of aromatic hydroxyl groups is 1. The van der Waals surface area contributed by atoms with Crippen molar-refractivity contribution in [2.45, 2.75) is 32.1 Å². The number of rotatable bonds is 3. The van der Waals surface area contributed by atoms with Crippen molar-refractivity contribution in [3.05, 3.63) is 42.5 Å². The number of nitrogens with one attached hydrogen (secondary N) is 1. The molecule has 1 saturated heterocycles. The van der Waals surface area contributed by atoms with Gasteiger partial charge < -0.3 is 10.4 Å². The van der Waals surface area contributed by atoms with E-state index in [0.29, 0.717) is 12.1 Å². The van der Waals surface area contributed by atoms with Gasteiger partial charge in [-0.1, -0.05) is 19.3 Å². The number of piperidine rings is 1. The van der Waals surface area contributed by atoms with Crippen molar-refractivity contribution < 1.29 is 19.9 Å². The fraction of sp³-hybridized carbons (Fsp3) is 0.600. The third-order valence-corrected chi connectivity index (χ3v) is 4.82. The Morgan fingerprint density at radius 1 is 0.885 bits per heavy atom. The van der Waals surface area contributed by atoms with Crippen LogP contribution in [0.15, 0.2) is 12.1 Å². The van der Waals surface area contributed by atoms with E-state index in [4.69, 9.17) is 5.11 Å². The van der Waals surface area contributed by atoms with E-state index in [1.54, 1.807) is 0 Å². The van der Waals surface area contributed by atoms with Gasteiger partial charge in [-0.2, -0.15) is 0 Å². The van der Waals surface area contributed by atoms with Gasteiger partial charge in [0.15, 0.2) is 0 Å². The van der Waals surface area contributed by atoms with Gasteiger partial charge in [0, 0.05) is 0 Å². The summed E-state index contributed by atoms with van der Waals surface area (Å²) < 4.78 is 0. The molecule has 0 radical (unpaired) electrons. The van der Waals surface area contributed by atoms with Gasteiger partial charge in [0.1, 0.15) is 0 Å². The van der Waals surface area contributed by atoms with Gasteiger partial charge in [0.25, 0.3) is 11.4 Å². The minimum atomic E-state index is -1.21. The molecule has 0 spiro atoms. The lowest BCUT2D eigenvalue weighted by Gasteiger charge is -2.35. The van der Waals surface area contributed by atoms with Crippen LogP contribution in [0, 0.1) is 42.2 Å². The van der Waals surface area contributed by atoms with Crippen molar-refractivity contribution in [1.29, 1.82) is 0 Å². The van der Waals surface area contributed by atoms with E-state index in [1.807, 2.05) is 0 Å². The van der Waals surface area contributed by atoms with Crippen LogP contribution < -0.4 is 5.32 Å². The molecule has 1 aromatic carbocycles. The summed E-state index contributed by atoms with van der Waals surface area (Å²) in [4.78, 5) is 27.8. The third kappa shape index (κ3) is 4.63. The maximum absolute atomic E-state index is 10.4. The van der Waals surface area contributed by atoms with E-state index in [-0.39, 0.29) is 0 Å². The van der Waals surface area contributed by atoms with Crippen LogP contribution in [0.1, 0.15) is 32.1 Å². The Balaban J connectivity index is 0.000000206. The van der Waals surface area contributed by atoms with E-state index < -0.39 is 37.6 Å². The zero-order valence-electron chi connectivity index (χ0n) is 14.0. The molecule has 1 heterocycles. The minimum absolute atomic E-state index is 0.447. The standard InChI is InChI=1S/C9H17N.C6H3N3O7/c1-2-4-9-7-10-6-5-8(9)3-1;10-6-4(8(13)14)1-3(7(11)12)2-5(6)9(15)16/h8-10H,1-7H2;1-2,10H/t8-,9+;/m0./s1. The summed E-state index contributed by atoms with van der Waals surface area (Å²) in [5, 5.41) is 43.7. The average Bonchev–Trinajstić information content (AvgIpc) is 2.61. The Labute approximate surface area is 148 Å². The molecule has 11 heteroatoms. The van der Waals surface area contributed by atoms with Crippen molar-refractivity contribution in [2.75, 3.05) is 13.1 Å². The van der Waals surface area contributed by atoms with Gasteiger partial charge in [0.2, 0.25) is 0 Å². The molecule has 0 unspecified atom stereocenters. The first-order valence-electron chi connectivity index (χ1n) is 8.32. The van der Waals surface area contributed by atoms with Crippen LogP contribution >= 0.6 is 0 Å². The number of nitrogens with zero attached hydrogens (tertiary/aromatic N) is 3. The molecule has 0 bridgehead atoms. The molecule has 1 aromatic rings. The topological polar surface area (TPSA) is 162 Å². The highest BCUT2D eigenvalue weighted by molar-refractivity contribution is 5.64. The zero-order chi connectivity index (χ0) is 19.3. The van der Waals surface area contributed by atoms with E-state index in [9.17, 15) is 30.3 Å². The number of benzene rings is 1. The van der Waals surface area contributed by atoms with E-state index in [2.05, 4.69) is 5.32 Å². The highest BCUT2D eigenvalue weighted by Gasteiger charge is 2.30. The molecule has 2 atom stereocenters. The predicted molar refractivity (Wildman–Crippen MR) is 91.0 cm³/mol. The van der Waals surface area contributed by atoms with Crippen LogP contribution in [-0.4, -0.2) is 33.0 Å². The Hall–Kier alpha value is -2.82. The van der Waals surface area contributed by atoms with Crippen molar-refractivity contribution in [2.24, 2.45) is 11.8 Å². The van der Waals surface area contributed by atoms with Crippen molar-refractivity contribution in [1.82, 2.24) is 5.32 Å². The predicted octanol–water partition coefficient (Wildman–Crippen LogP) is 2.90. The number of nitro benzene ring substituents is 3. The number of hydrogen-bond donors (Lipinski definition) is 2. The fourth-order valence-corrected chi connectivity index (χ4v) is 3.48. The largest absolute Gasteiger partial charge is 0.497 e. The van der Waals surface area contributed by atoms with Gasteiger partial charge >= 0.3 is 11.4 Å². The monoisotopic (exact) mass is 368 g/mol. The normalized spacial score (nSPS) is 21.7. The molecule has 26 heavy (non-hydrogen) atoms. The summed E-state index contributed by atoms with van der Waals surface area (Å²) in [6.45, 7) is 2.59. The first-order valence-corrected chi connectivity index (χ1v) is 8.32. The molecule has 2 aliphatic rings. The van der Waals surface area contributed by atoms with Crippen LogP contribution in [0.4, 0.5) is 17.1 Å². The number of fused-ring (bicyclic) bond motifs is 1. The van der Waals surface area contributed by atoms with Crippen LogP contribution in [0.2, 0.25) is 0 Å². The second kappa shape index (κ2) is 8.52. The number of phenolic OH excluding ortho intramolecular Hbond substituents is 1. The molecule has 0 amide bonds. The summed E-state index contributed by atoms with van der Waals surface area (Å²) in [5.41, 5.74) is -3.00. The molecule has 1 aliphatic carbocycles. The van der Waals surface area contributed by atoms with Gasteiger partial charge in [-0.3, -0.25) is 30.3 Å². The molecule has 11 nitrogen and oxygen atoms in total. The lowest BCUT2D eigenvalue weighted by atomic mass is 9.76. The summed E-state index contributed by atoms with van der Waals surface area (Å²) in [5.74, 6) is 0.929. The molecule has 142 valence electrons. The van der Waals surface area contributed by atoms with Crippen LogP contribution in [-0.2, 0) is 0 Å². The van der Waals surface area contributed by atoms with Crippen LogP contribution in [0.3, 0.4) is 0 Å². The van der Waals surface area contributed by atoms with Crippen LogP contribution in [0.5, 0.6) is 5.75 Å². The lowest BCUT2D eigenvalue weighted by molar-refractivity contribution is -0.404. The maximum Gasteiger partial charge on any atom is 0.324 e. The van der Waals surface area contributed by atoms with Gasteiger partial charge in [-0.05, 0) is 37.8 Å². The van der Waals surface area contributed by atoms with Gasteiger partial charge in [0.05, 0.1) is 26.9 Å². The lowest BCUT2D eigenvalue weighted by Crippen LogP contribution is -2.38. The smallest absolute Gasteiger partial charge is 0.324 e. The molecular formula is C15H20N4O7. The second-order valence-electron chi connectivity index (χ2n) is 6.40. The summed E-state index contributed by atoms with van der Waals surface area (Å²) in [6, 6.07) is 0.894.